The third-order valence-corrected chi connectivity index (χ3v) is 4.98. The molecule has 0 aromatic heterocycles. The molecule has 1 amide bonds. The standard InChI is InChI=1S/C20H23IN2O3/c21-17-6-8-18(9-7-17)26-15-20(24)22-19(16-4-2-1-3-5-16)14-23-10-12-25-13-11-23/h1-9,19H,10-15H2,(H,22,24). The highest BCUT2D eigenvalue weighted by molar-refractivity contribution is 14.1. The third-order valence-electron chi connectivity index (χ3n) is 4.27. The van der Waals surface area contributed by atoms with Crippen LogP contribution in [0, 0.1) is 3.57 Å². The molecule has 3 rings (SSSR count). The average Bonchev–Trinajstić information content (AvgIpc) is 2.68. The molecule has 5 nitrogen and oxygen atoms in total. The van der Waals surface area contributed by atoms with E-state index in [9.17, 15) is 4.79 Å². The molecule has 0 aliphatic carbocycles. The van der Waals surface area contributed by atoms with Gasteiger partial charge in [-0.1, -0.05) is 30.3 Å². The second kappa shape index (κ2) is 9.89. The van der Waals surface area contributed by atoms with Crippen LogP contribution in [0.2, 0.25) is 0 Å². The van der Waals surface area contributed by atoms with Gasteiger partial charge in [0, 0.05) is 23.2 Å². The van der Waals surface area contributed by atoms with Crippen molar-refractivity contribution in [2.75, 3.05) is 39.5 Å². The molecule has 6 heteroatoms. The molecule has 138 valence electrons. The third kappa shape index (κ3) is 5.96. The van der Waals surface area contributed by atoms with Crippen LogP contribution in [0.4, 0.5) is 0 Å². The van der Waals surface area contributed by atoms with E-state index in [0.29, 0.717) is 5.75 Å². The Morgan fingerprint density at radius 3 is 2.50 bits per heavy atom. The molecule has 2 aromatic rings. The maximum atomic E-state index is 12.4. The van der Waals surface area contributed by atoms with Crippen molar-refractivity contribution in [1.82, 2.24) is 10.2 Å². The molecular weight excluding hydrogens is 443 g/mol. The number of ether oxygens (including phenoxy) is 2. The second-order valence-electron chi connectivity index (χ2n) is 6.19. The largest absolute Gasteiger partial charge is 0.484 e. The number of hydrogen-bond donors (Lipinski definition) is 1. The Hall–Kier alpha value is -1.64. The van der Waals surface area contributed by atoms with E-state index in [4.69, 9.17) is 9.47 Å². The smallest absolute Gasteiger partial charge is 0.258 e. The summed E-state index contributed by atoms with van der Waals surface area (Å²) in [6.45, 7) is 4.03. The zero-order valence-corrected chi connectivity index (χ0v) is 16.7. The van der Waals surface area contributed by atoms with Gasteiger partial charge in [-0.25, -0.2) is 0 Å². The fourth-order valence-corrected chi connectivity index (χ4v) is 3.24. The molecule has 1 atom stereocenters. The molecule has 1 aliphatic rings. The van der Waals surface area contributed by atoms with Gasteiger partial charge in [-0.15, -0.1) is 0 Å². The van der Waals surface area contributed by atoms with Crippen LogP contribution in [0.25, 0.3) is 0 Å². The molecule has 1 saturated heterocycles. The van der Waals surface area contributed by atoms with Crippen molar-refractivity contribution < 1.29 is 14.3 Å². The first-order chi connectivity index (χ1) is 12.7. The molecule has 0 spiro atoms. The van der Waals surface area contributed by atoms with E-state index in [1.165, 1.54) is 0 Å². The summed E-state index contributed by atoms with van der Waals surface area (Å²) in [7, 11) is 0. The van der Waals surface area contributed by atoms with Gasteiger partial charge in [-0.2, -0.15) is 0 Å². The fourth-order valence-electron chi connectivity index (χ4n) is 2.88. The molecule has 0 bridgehead atoms. The molecule has 26 heavy (non-hydrogen) atoms. The Morgan fingerprint density at radius 1 is 1.12 bits per heavy atom. The monoisotopic (exact) mass is 466 g/mol. The van der Waals surface area contributed by atoms with E-state index in [2.05, 4.69) is 32.8 Å². The van der Waals surface area contributed by atoms with Crippen molar-refractivity contribution in [3.05, 3.63) is 63.7 Å². The van der Waals surface area contributed by atoms with Crippen LogP contribution in [-0.4, -0.2) is 50.3 Å². The molecule has 1 N–H and O–H groups in total. The number of carbonyl (C=O) groups excluding carboxylic acids is 1. The summed E-state index contributed by atoms with van der Waals surface area (Å²) in [5, 5.41) is 3.11. The van der Waals surface area contributed by atoms with Crippen LogP contribution < -0.4 is 10.1 Å². The lowest BCUT2D eigenvalue weighted by Crippen LogP contribution is -2.44. The van der Waals surface area contributed by atoms with Crippen molar-refractivity contribution in [2.45, 2.75) is 6.04 Å². The summed E-state index contributed by atoms with van der Waals surface area (Å²) in [6, 6.07) is 17.7. The molecule has 1 fully saturated rings. The van der Waals surface area contributed by atoms with Gasteiger partial charge in [0.25, 0.3) is 5.91 Å². The van der Waals surface area contributed by atoms with Gasteiger partial charge in [0.2, 0.25) is 0 Å². The Morgan fingerprint density at radius 2 is 1.81 bits per heavy atom. The first-order valence-electron chi connectivity index (χ1n) is 8.73. The lowest BCUT2D eigenvalue weighted by atomic mass is 10.1. The Balaban J connectivity index is 1.58. The number of morpholine rings is 1. The fraction of sp³-hybridized carbons (Fsp3) is 0.350. The highest BCUT2D eigenvalue weighted by atomic mass is 127. The maximum Gasteiger partial charge on any atom is 0.258 e. The number of rotatable bonds is 7. The summed E-state index contributed by atoms with van der Waals surface area (Å²) in [5.41, 5.74) is 1.10. The van der Waals surface area contributed by atoms with Crippen LogP contribution in [0.1, 0.15) is 11.6 Å². The molecule has 0 radical (unpaired) electrons. The van der Waals surface area contributed by atoms with E-state index < -0.39 is 0 Å². The summed E-state index contributed by atoms with van der Waals surface area (Å²) < 4.78 is 12.1. The summed E-state index contributed by atoms with van der Waals surface area (Å²) >= 11 is 2.24. The average molecular weight is 466 g/mol. The Labute approximate surface area is 167 Å². The van der Waals surface area contributed by atoms with Crippen molar-refractivity contribution >= 4 is 28.5 Å². The minimum Gasteiger partial charge on any atom is -0.484 e. The van der Waals surface area contributed by atoms with E-state index in [0.717, 1.165) is 42.0 Å². The molecule has 2 aromatic carbocycles. The summed E-state index contributed by atoms with van der Waals surface area (Å²) in [4.78, 5) is 14.7. The van der Waals surface area contributed by atoms with E-state index in [1.807, 2.05) is 54.6 Å². The quantitative estimate of drug-likeness (QED) is 0.638. The number of nitrogens with zero attached hydrogens (tertiary/aromatic N) is 1. The lowest BCUT2D eigenvalue weighted by molar-refractivity contribution is -0.124. The van der Waals surface area contributed by atoms with E-state index >= 15 is 0 Å². The van der Waals surface area contributed by atoms with Gasteiger partial charge in [0.1, 0.15) is 5.75 Å². The van der Waals surface area contributed by atoms with Gasteiger partial charge < -0.3 is 14.8 Å². The van der Waals surface area contributed by atoms with Crippen LogP contribution >= 0.6 is 22.6 Å². The van der Waals surface area contributed by atoms with Gasteiger partial charge in [0.15, 0.2) is 6.61 Å². The topological polar surface area (TPSA) is 50.8 Å². The molecule has 0 saturated carbocycles. The van der Waals surface area contributed by atoms with Crippen molar-refractivity contribution in [3.63, 3.8) is 0 Å². The number of carbonyl (C=O) groups is 1. The van der Waals surface area contributed by atoms with Gasteiger partial charge in [-0.05, 0) is 52.4 Å². The van der Waals surface area contributed by atoms with Crippen LogP contribution in [0.5, 0.6) is 5.75 Å². The number of benzene rings is 2. The summed E-state index contributed by atoms with van der Waals surface area (Å²) in [6.07, 6.45) is 0. The number of hydrogen-bond acceptors (Lipinski definition) is 4. The maximum absolute atomic E-state index is 12.4. The SMILES string of the molecule is O=C(COc1ccc(I)cc1)NC(CN1CCOCC1)c1ccccc1. The second-order valence-corrected chi connectivity index (χ2v) is 7.43. The molecular formula is C20H23IN2O3. The number of halogens is 1. The van der Waals surface area contributed by atoms with Gasteiger partial charge in [0.05, 0.1) is 19.3 Å². The van der Waals surface area contributed by atoms with Crippen LogP contribution in [0.3, 0.4) is 0 Å². The molecule has 1 unspecified atom stereocenters. The highest BCUT2D eigenvalue weighted by Crippen LogP contribution is 2.16. The minimum atomic E-state index is -0.120. The highest BCUT2D eigenvalue weighted by Gasteiger charge is 2.20. The molecule has 1 aliphatic heterocycles. The number of nitrogens with one attached hydrogen (secondary N) is 1. The van der Waals surface area contributed by atoms with Gasteiger partial charge in [-0.3, -0.25) is 9.69 Å². The van der Waals surface area contributed by atoms with Crippen molar-refractivity contribution in [2.24, 2.45) is 0 Å². The number of amides is 1. The summed E-state index contributed by atoms with van der Waals surface area (Å²) in [5.74, 6) is 0.579. The van der Waals surface area contributed by atoms with Crippen molar-refractivity contribution in [3.8, 4) is 5.75 Å². The van der Waals surface area contributed by atoms with Crippen LogP contribution in [0.15, 0.2) is 54.6 Å². The normalized spacial score (nSPS) is 16.0. The van der Waals surface area contributed by atoms with Gasteiger partial charge >= 0.3 is 0 Å². The lowest BCUT2D eigenvalue weighted by Gasteiger charge is -2.31. The predicted octanol–water partition coefficient (Wildman–Crippen LogP) is 2.86. The zero-order valence-electron chi connectivity index (χ0n) is 14.6. The van der Waals surface area contributed by atoms with E-state index in [1.54, 1.807) is 0 Å². The Bertz CT molecular complexity index is 688. The predicted molar refractivity (Wildman–Crippen MR) is 109 cm³/mol. The van der Waals surface area contributed by atoms with Crippen molar-refractivity contribution in [1.29, 1.82) is 0 Å². The minimum absolute atomic E-state index is 0.00698. The van der Waals surface area contributed by atoms with Crippen LogP contribution in [-0.2, 0) is 9.53 Å². The van der Waals surface area contributed by atoms with E-state index in [-0.39, 0.29) is 18.6 Å². The Kier molecular flexibility index (Phi) is 7.28. The first-order valence-corrected chi connectivity index (χ1v) is 9.81. The molecule has 1 heterocycles. The first kappa shape index (κ1) is 19.1. The zero-order chi connectivity index (χ0) is 18.2.